The lowest BCUT2D eigenvalue weighted by atomic mass is 10.1. The molecule has 0 aliphatic heterocycles. The first-order valence-electron chi connectivity index (χ1n) is 7.29. The van der Waals surface area contributed by atoms with Gasteiger partial charge in [0.15, 0.2) is 4.80 Å². The highest BCUT2D eigenvalue weighted by Crippen LogP contribution is 2.28. The number of thiazole rings is 1. The number of carbonyl (C=O) groups excluding carboxylic acids is 1. The molecule has 0 aliphatic rings. The third kappa shape index (κ3) is 2.84. The van der Waals surface area contributed by atoms with Crippen molar-refractivity contribution in [2.75, 3.05) is 0 Å². The first-order chi connectivity index (χ1) is 10.9. The van der Waals surface area contributed by atoms with Crippen molar-refractivity contribution in [1.82, 2.24) is 4.57 Å². The highest BCUT2D eigenvalue weighted by molar-refractivity contribution is 7.17. The number of halogens is 1. The van der Waals surface area contributed by atoms with Crippen LogP contribution in [0, 0.1) is 20.8 Å². The number of aromatic nitrogens is 1. The minimum absolute atomic E-state index is 0.220. The molecule has 0 fully saturated rings. The lowest BCUT2D eigenvalue weighted by Gasteiger charge is -2.03. The standard InChI is InChI=1S/C18H17ClN2OS/c1-10-5-6-11(2)13(9-10)17(22)20-18-21(4)15-12(3)7-8-14(19)16(15)23-18/h5-9H,1-4H3. The molecule has 0 N–H and O–H groups in total. The Balaban J connectivity index is 2.20. The van der Waals surface area contributed by atoms with Crippen LogP contribution in [0.2, 0.25) is 5.02 Å². The molecule has 23 heavy (non-hydrogen) atoms. The van der Waals surface area contributed by atoms with Gasteiger partial charge in [-0.25, -0.2) is 0 Å². The second kappa shape index (κ2) is 5.95. The van der Waals surface area contributed by atoms with Gasteiger partial charge in [-0.15, -0.1) is 0 Å². The van der Waals surface area contributed by atoms with Crippen LogP contribution in [0.1, 0.15) is 27.0 Å². The Kier molecular flexibility index (Phi) is 4.13. The molecule has 0 unspecified atom stereocenters. The van der Waals surface area contributed by atoms with Crippen LogP contribution in [0.15, 0.2) is 35.3 Å². The van der Waals surface area contributed by atoms with Crippen molar-refractivity contribution in [2.24, 2.45) is 12.0 Å². The first kappa shape index (κ1) is 16.0. The fourth-order valence-corrected chi connectivity index (χ4v) is 3.99. The van der Waals surface area contributed by atoms with Crippen molar-refractivity contribution < 1.29 is 4.79 Å². The van der Waals surface area contributed by atoms with Crippen molar-refractivity contribution in [3.8, 4) is 0 Å². The Bertz CT molecular complexity index is 998. The zero-order valence-corrected chi connectivity index (χ0v) is 15.0. The van der Waals surface area contributed by atoms with E-state index in [9.17, 15) is 4.79 Å². The van der Waals surface area contributed by atoms with Crippen LogP contribution >= 0.6 is 22.9 Å². The zero-order chi connectivity index (χ0) is 16.7. The number of carbonyl (C=O) groups is 1. The van der Waals surface area contributed by atoms with Gasteiger partial charge in [-0.05, 0) is 44.0 Å². The molecule has 2 aromatic carbocycles. The van der Waals surface area contributed by atoms with E-state index in [-0.39, 0.29) is 5.91 Å². The molecule has 0 aliphatic carbocycles. The average molecular weight is 345 g/mol. The van der Waals surface area contributed by atoms with E-state index in [0.29, 0.717) is 15.4 Å². The summed E-state index contributed by atoms with van der Waals surface area (Å²) in [5.74, 6) is -0.220. The maximum Gasteiger partial charge on any atom is 0.279 e. The Morgan fingerprint density at radius 2 is 1.83 bits per heavy atom. The Morgan fingerprint density at radius 1 is 1.13 bits per heavy atom. The molecule has 1 aromatic heterocycles. The lowest BCUT2D eigenvalue weighted by Crippen LogP contribution is -2.14. The Hall–Kier alpha value is -1.91. The fraction of sp³-hybridized carbons (Fsp3) is 0.222. The summed E-state index contributed by atoms with van der Waals surface area (Å²) in [6.45, 7) is 5.93. The first-order valence-corrected chi connectivity index (χ1v) is 8.49. The van der Waals surface area contributed by atoms with Crippen molar-refractivity contribution >= 4 is 39.1 Å². The van der Waals surface area contributed by atoms with Gasteiger partial charge >= 0.3 is 0 Å². The molecule has 0 bridgehead atoms. The predicted octanol–water partition coefficient (Wildman–Crippen LogP) is 4.56. The van der Waals surface area contributed by atoms with Crippen LogP contribution < -0.4 is 4.80 Å². The van der Waals surface area contributed by atoms with Gasteiger partial charge in [-0.2, -0.15) is 4.99 Å². The minimum Gasteiger partial charge on any atom is -0.319 e. The fourth-order valence-electron chi connectivity index (χ4n) is 2.63. The second-order valence-electron chi connectivity index (χ2n) is 5.72. The number of hydrogen-bond donors (Lipinski definition) is 0. The molecule has 0 radical (unpaired) electrons. The van der Waals surface area contributed by atoms with E-state index in [1.54, 1.807) is 0 Å². The van der Waals surface area contributed by atoms with Crippen LogP contribution in [0.5, 0.6) is 0 Å². The number of nitrogens with zero attached hydrogens (tertiary/aromatic N) is 2. The van der Waals surface area contributed by atoms with Crippen LogP contribution in [0.3, 0.4) is 0 Å². The van der Waals surface area contributed by atoms with Gasteiger partial charge < -0.3 is 4.57 Å². The van der Waals surface area contributed by atoms with Crippen molar-refractivity contribution in [2.45, 2.75) is 20.8 Å². The van der Waals surface area contributed by atoms with E-state index in [1.165, 1.54) is 11.3 Å². The monoisotopic (exact) mass is 344 g/mol. The van der Waals surface area contributed by atoms with E-state index in [0.717, 1.165) is 26.9 Å². The maximum atomic E-state index is 12.6. The number of amides is 1. The molecular weight excluding hydrogens is 328 g/mol. The summed E-state index contributed by atoms with van der Waals surface area (Å²) in [4.78, 5) is 17.6. The normalized spacial score (nSPS) is 12.1. The topological polar surface area (TPSA) is 34.4 Å². The summed E-state index contributed by atoms with van der Waals surface area (Å²) in [5.41, 5.74) is 4.76. The molecule has 3 nitrogen and oxygen atoms in total. The molecule has 0 saturated carbocycles. The highest BCUT2D eigenvalue weighted by Gasteiger charge is 2.12. The van der Waals surface area contributed by atoms with Crippen molar-refractivity contribution in [3.63, 3.8) is 0 Å². The summed E-state index contributed by atoms with van der Waals surface area (Å²) >= 11 is 7.73. The summed E-state index contributed by atoms with van der Waals surface area (Å²) in [6, 6.07) is 9.69. The van der Waals surface area contributed by atoms with E-state index in [4.69, 9.17) is 11.6 Å². The molecular formula is C18H17ClN2OS. The van der Waals surface area contributed by atoms with Crippen molar-refractivity contribution in [3.05, 3.63) is 62.4 Å². The van der Waals surface area contributed by atoms with Crippen LogP contribution in [0.4, 0.5) is 0 Å². The van der Waals surface area contributed by atoms with Gasteiger partial charge in [-0.1, -0.05) is 46.7 Å². The number of hydrogen-bond acceptors (Lipinski definition) is 2. The zero-order valence-electron chi connectivity index (χ0n) is 13.5. The van der Waals surface area contributed by atoms with E-state index in [1.807, 2.05) is 62.7 Å². The molecule has 1 heterocycles. The largest absolute Gasteiger partial charge is 0.319 e. The molecule has 5 heteroatoms. The van der Waals surface area contributed by atoms with E-state index >= 15 is 0 Å². The van der Waals surface area contributed by atoms with Gasteiger partial charge in [0, 0.05) is 12.6 Å². The quantitative estimate of drug-likeness (QED) is 0.637. The molecule has 0 atom stereocenters. The number of fused-ring (bicyclic) bond motifs is 1. The van der Waals surface area contributed by atoms with Gasteiger partial charge in [0.25, 0.3) is 5.91 Å². The summed E-state index contributed by atoms with van der Waals surface area (Å²) < 4.78 is 2.89. The Morgan fingerprint density at radius 3 is 2.52 bits per heavy atom. The predicted molar refractivity (Wildman–Crippen MR) is 96.4 cm³/mol. The summed E-state index contributed by atoms with van der Waals surface area (Å²) in [7, 11) is 1.91. The molecule has 0 saturated heterocycles. The van der Waals surface area contributed by atoms with E-state index < -0.39 is 0 Å². The molecule has 3 aromatic rings. The smallest absolute Gasteiger partial charge is 0.279 e. The maximum absolute atomic E-state index is 12.6. The lowest BCUT2D eigenvalue weighted by molar-refractivity contribution is 0.0997. The third-order valence-corrected chi connectivity index (χ3v) is 5.51. The molecule has 0 spiro atoms. The highest BCUT2D eigenvalue weighted by atomic mass is 35.5. The Labute approximate surface area is 143 Å². The second-order valence-corrected chi connectivity index (χ2v) is 7.11. The molecule has 3 rings (SSSR count). The van der Waals surface area contributed by atoms with Gasteiger partial charge in [0.05, 0.1) is 15.2 Å². The van der Waals surface area contributed by atoms with Gasteiger partial charge in [-0.3, -0.25) is 4.79 Å². The van der Waals surface area contributed by atoms with Crippen LogP contribution in [0.25, 0.3) is 10.2 Å². The van der Waals surface area contributed by atoms with Gasteiger partial charge in [0.1, 0.15) is 0 Å². The van der Waals surface area contributed by atoms with E-state index in [2.05, 4.69) is 4.99 Å². The summed E-state index contributed by atoms with van der Waals surface area (Å²) in [6.07, 6.45) is 0. The number of benzene rings is 2. The average Bonchev–Trinajstić information content (AvgIpc) is 2.84. The van der Waals surface area contributed by atoms with Crippen molar-refractivity contribution in [1.29, 1.82) is 0 Å². The number of aryl methyl sites for hydroxylation is 4. The summed E-state index contributed by atoms with van der Waals surface area (Å²) in [5, 5.41) is 0.687. The SMILES string of the molecule is Cc1ccc(C)c(C(=O)N=c2sc3c(Cl)ccc(C)c3n2C)c1. The third-order valence-electron chi connectivity index (χ3n) is 3.92. The van der Waals surface area contributed by atoms with Crippen LogP contribution in [-0.2, 0) is 7.05 Å². The van der Waals surface area contributed by atoms with Gasteiger partial charge in [0.2, 0.25) is 0 Å². The minimum atomic E-state index is -0.220. The molecule has 118 valence electrons. The number of rotatable bonds is 1. The molecule has 1 amide bonds. The van der Waals surface area contributed by atoms with Crippen LogP contribution in [-0.4, -0.2) is 10.5 Å².